The smallest absolute Gasteiger partial charge is 0.338 e. The molecule has 0 N–H and O–H groups in total. The number of halogens is 5. The van der Waals surface area contributed by atoms with E-state index in [1.54, 1.807) is 0 Å². The van der Waals surface area contributed by atoms with Crippen LogP contribution in [-0.2, 0) is 4.79 Å². The summed E-state index contributed by atoms with van der Waals surface area (Å²) in [6.45, 7) is 1.01. The zero-order chi connectivity index (χ0) is 15.8. The van der Waals surface area contributed by atoms with Crippen molar-refractivity contribution in [2.45, 2.75) is 19.0 Å². The van der Waals surface area contributed by atoms with Crippen LogP contribution >= 0.6 is 15.9 Å². The fourth-order valence-electron chi connectivity index (χ4n) is 1.57. The molecule has 1 unspecified atom stereocenters. The van der Waals surface area contributed by atoms with Gasteiger partial charge in [-0.15, -0.1) is 0 Å². The molecule has 0 amide bonds. The van der Waals surface area contributed by atoms with Gasteiger partial charge in [-0.05, 0) is 25.1 Å². The molecular formula is C12H7BrF4N2O2. The quantitative estimate of drug-likeness (QED) is 0.773. The van der Waals surface area contributed by atoms with Gasteiger partial charge in [-0.3, -0.25) is 4.79 Å². The highest BCUT2D eigenvalue weighted by Crippen LogP contribution is 2.28. The molecule has 2 rings (SSSR count). The van der Waals surface area contributed by atoms with E-state index < -0.39 is 29.6 Å². The molecule has 0 aliphatic carbocycles. The summed E-state index contributed by atoms with van der Waals surface area (Å²) < 4.78 is 55.3. The van der Waals surface area contributed by atoms with E-state index in [2.05, 4.69) is 30.6 Å². The Kier molecular flexibility index (Phi) is 4.13. The van der Waals surface area contributed by atoms with Gasteiger partial charge in [0.25, 0.3) is 0 Å². The van der Waals surface area contributed by atoms with Crippen molar-refractivity contribution in [2.24, 2.45) is 0 Å². The SMILES string of the molecule is CC(C(=O)C(F)(F)F)c1nc(-c2cc(F)cc(Br)c2)no1. The second-order valence-corrected chi connectivity index (χ2v) is 5.11. The van der Waals surface area contributed by atoms with Crippen LogP contribution < -0.4 is 0 Å². The van der Waals surface area contributed by atoms with E-state index in [9.17, 15) is 22.4 Å². The molecule has 0 saturated heterocycles. The van der Waals surface area contributed by atoms with Gasteiger partial charge in [0.1, 0.15) is 11.7 Å². The topological polar surface area (TPSA) is 56.0 Å². The summed E-state index contributed by atoms with van der Waals surface area (Å²) in [4.78, 5) is 14.8. The number of carbonyl (C=O) groups is 1. The maximum atomic E-state index is 13.2. The highest BCUT2D eigenvalue weighted by Gasteiger charge is 2.44. The molecule has 1 aromatic carbocycles. The molecular weight excluding hydrogens is 360 g/mol. The number of rotatable bonds is 3. The van der Waals surface area contributed by atoms with E-state index in [-0.39, 0.29) is 11.4 Å². The molecule has 0 radical (unpaired) electrons. The summed E-state index contributed by atoms with van der Waals surface area (Å²) in [6.07, 6.45) is -4.99. The van der Waals surface area contributed by atoms with Crippen molar-refractivity contribution < 1.29 is 26.9 Å². The van der Waals surface area contributed by atoms with Gasteiger partial charge in [-0.2, -0.15) is 18.2 Å². The maximum absolute atomic E-state index is 13.2. The van der Waals surface area contributed by atoms with Crippen molar-refractivity contribution in [1.82, 2.24) is 10.1 Å². The number of Topliss-reactive ketones (excluding diaryl/α,β-unsaturated/α-hetero) is 1. The predicted molar refractivity (Wildman–Crippen MR) is 66.9 cm³/mol. The van der Waals surface area contributed by atoms with Crippen LogP contribution in [0.2, 0.25) is 0 Å². The van der Waals surface area contributed by atoms with Gasteiger partial charge in [0, 0.05) is 10.0 Å². The highest BCUT2D eigenvalue weighted by atomic mass is 79.9. The van der Waals surface area contributed by atoms with Crippen LogP contribution in [0.15, 0.2) is 27.2 Å². The molecule has 4 nitrogen and oxygen atoms in total. The molecule has 0 fully saturated rings. The minimum Gasteiger partial charge on any atom is -0.338 e. The summed E-state index contributed by atoms with van der Waals surface area (Å²) in [5.74, 6) is -4.77. The third-order valence-electron chi connectivity index (χ3n) is 2.61. The number of hydrogen-bond donors (Lipinski definition) is 0. The number of hydrogen-bond acceptors (Lipinski definition) is 4. The Morgan fingerprint density at radius 3 is 2.57 bits per heavy atom. The Labute approximate surface area is 124 Å². The third kappa shape index (κ3) is 3.46. The molecule has 2 aromatic rings. The van der Waals surface area contributed by atoms with Crippen LogP contribution in [0.3, 0.4) is 0 Å². The van der Waals surface area contributed by atoms with Crippen molar-refractivity contribution >= 4 is 21.7 Å². The fourth-order valence-corrected chi connectivity index (χ4v) is 2.03. The average molecular weight is 367 g/mol. The molecule has 1 atom stereocenters. The molecule has 112 valence electrons. The number of nitrogens with zero attached hydrogens (tertiary/aromatic N) is 2. The first-order chi connectivity index (χ1) is 9.68. The van der Waals surface area contributed by atoms with Gasteiger partial charge in [0.2, 0.25) is 17.5 Å². The van der Waals surface area contributed by atoms with Crippen LogP contribution in [0.1, 0.15) is 18.7 Å². The second kappa shape index (κ2) is 5.55. The summed E-state index contributed by atoms with van der Waals surface area (Å²) in [5, 5.41) is 3.46. The second-order valence-electron chi connectivity index (χ2n) is 4.20. The molecule has 0 bridgehead atoms. The monoisotopic (exact) mass is 366 g/mol. The molecule has 0 aliphatic rings. The van der Waals surface area contributed by atoms with Crippen molar-refractivity contribution in [3.63, 3.8) is 0 Å². The summed E-state index contributed by atoms with van der Waals surface area (Å²) in [7, 11) is 0. The Morgan fingerprint density at radius 2 is 2.00 bits per heavy atom. The zero-order valence-electron chi connectivity index (χ0n) is 10.4. The molecule has 1 heterocycles. The van der Waals surface area contributed by atoms with Crippen molar-refractivity contribution in [3.05, 3.63) is 34.4 Å². The van der Waals surface area contributed by atoms with Gasteiger partial charge in [-0.1, -0.05) is 21.1 Å². The molecule has 0 spiro atoms. The van der Waals surface area contributed by atoms with Crippen LogP contribution in [-0.4, -0.2) is 22.1 Å². The van der Waals surface area contributed by atoms with E-state index in [4.69, 9.17) is 0 Å². The Morgan fingerprint density at radius 1 is 1.33 bits per heavy atom. The molecule has 0 aliphatic heterocycles. The third-order valence-corrected chi connectivity index (χ3v) is 3.06. The lowest BCUT2D eigenvalue weighted by Crippen LogP contribution is -2.27. The number of alkyl halides is 3. The Bertz CT molecular complexity index is 664. The fraction of sp³-hybridized carbons (Fsp3) is 0.250. The summed E-state index contributed by atoms with van der Waals surface area (Å²) in [5.41, 5.74) is 0.212. The van der Waals surface area contributed by atoms with Gasteiger partial charge in [0.05, 0.1) is 0 Å². The van der Waals surface area contributed by atoms with Crippen LogP contribution in [0.5, 0.6) is 0 Å². The minimum atomic E-state index is -4.99. The first-order valence-electron chi connectivity index (χ1n) is 5.59. The van der Waals surface area contributed by atoms with E-state index in [1.807, 2.05) is 0 Å². The number of benzene rings is 1. The maximum Gasteiger partial charge on any atom is 0.450 e. The standard InChI is InChI=1S/C12H7BrF4N2O2/c1-5(9(20)12(15,16)17)11-18-10(19-21-11)6-2-7(13)4-8(14)3-6/h2-5H,1H3. The lowest BCUT2D eigenvalue weighted by Gasteiger charge is -2.08. The first kappa shape index (κ1) is 15.6. The largest absolute Gasteiger partial charge is 0.450 e. The van der Waals surface area contributed by atoms with E-state index >= 15 is 0 Å². The number of aromatic nitrogens is 2. The molecule has 0 saturated carbocycles. The van der Waals surface area contributed by atoms with E-state index in [0.29, 0.717) is 4.47 Å². The average Bonchev–Trinajstić information content (AvgIpc) is 2.84. The highest BCUT2D eigenvalue weighted by molar-refractivity contribution is 9.10. The predicted octanol–water partition coefficient (Wildman–Crippen LogP) is 3.87. The van der Waals surface area contributed by atoms with Crippen LogP contribution in [0.4, 0.5) is 17.6 Å². The Hall–Kier alpha value is -1.77. The lowest BCUT2D eigenvalue weighted by atomic mass is 10.1. The van der Waals surface area contributed by atoms with Gasteiger partial charge in [0.15, 0.2) is 0 Å². The molecule has 21 heavy (non-hydrogen) atoms. The number of carbonyl (C=O) groups excluding carboxylic acids is 1. The van der Waals surface area contributed by atoms with Crippen LogP contribution in [0.25, 0.3) is 11.4 Å². The van der Waals surface area contributed by atoms with Gasteiger partial charge < -0.3 is 4.52 Å². The zero-order valence-corrected chi connectivity index (χ0v) is 12.0. The molecule has 1 aromatic heterocycles. The van der Waals surface area contributed by atoms with Crippen molar-refractivity contribution in [1.29, 1.82) is 0 Å². The minimum absolute atomic E-state index is 0.105. The van der Waals surface area contributed by atoms with Gasteiger partial charge >= 0.3 is 6.18 Å². The van der Waals surface area contributed by atoms with E-state index in [1.165, 1.54) is 12.1 Å². The van der Waals surface area contributed by atoms with Gasteiger partial charge in [-0.25, -0.2) is 4.39 Å². The normalized spacial score (nSPS) is 13.2. The number of ketones is 1. The van der Waals surface area contributed by atoms with Crippen molar-refractivity contribution in [3.8, 4) is 11.4 Å². The Balaban J connectivity index is 2.32. The summed E-state index contributed by atoms with van der Waals surface area (Å²) in [6, 6.07) is 3.75. The lowest BCUT2D eigenvalue weighted by molar-refractivity contribution is -0.172. The first-order valence-corrected chi connectivity index (χ1v) is 6.39. The van der Waals surface area contributed by atoms with E-state index in [0.717, 1.165) is 13.0 Å². The summed E-state index contributed by atoms with van der Waals surface area (Å²) >= 11 is 3.07. The van der Waals surface area contributed by atoms with Crippen molar-refractivity contribution in [2.75, 3.05) is 0 Å². The van der Waals surface area contributed by atoms with Crippen LogP contribution in [0, 0.1) is 5.82 Å². The molecule has 9 heteroatoms.